The molecule has 0 N–H and O–H groups in total. The monoisotopic (exact) mass is 1230 g/mol. The first-order valence-electron chi connectivity index (χ1n) is 32.9. The Morgan fingerprint density at radius 1 is 0.258 bits per heavy atom. The van der Waals surface area contributed by atoms with Gasteiger partial charge in [0.1, 0.15) is 17.2 Å². The fourth-order valence-corrected chi connectivity index (χ4v) is 16.2. The van der Waals surface area contributed by atoms with E-state index in [0.29, 0.717) is 28.2 Å². The maximum atomic E-state index is 13.6. The molecule has 0 radical (unpaired) electrons. The highest BCUT2D eigenvalue weighted by molar-refractivity contribution is 6.23. The Kier molecular flexibility index (Phi) is 12.0. The number of fused-ring (bicyclic) bond motifs is 15. The van der Waals surface area contributed by atoms with E-state index in [1.165, 1.54) is 0 Å². The lowest BCUT2D eigenvalue weighted by Gasteiger charge is -2.29. The molecule has 0 aliphatic heterocycles. The van der Waals surface area contributed by atoms with Crippen molar-refractivity contribution >= 4 is 109 Å². The average molecular weight is 1240 g/mol. The number of rotatable bonds is 9. The van der Waals surface area contributed by atoms with Gasteiger partial charge in [0.15, 0.2) is 0 Å². The van der Waals surface area contributed by atoms with Crippen LogP contribution >= 0.6 is 0 Å². The smallest absolute Gasteiger partial charge is 0.227 e. The topological polar surface area (TPSA) is 69.5 Å². The third kappa shape index (κ3) is 7.87. The number of benzene rings is 14. The number of furan rings is 1. The van der Waals surface area contributed by atoms with Gasteiger partial charge in [-0.25, -0.2) is 4.98 Å². The summed E-state index contributed by atoms with van der Waals surface area (Å²) < 4.78 is 17.2. The predicted molar refractivity (Wildman–Crippen MR) is 401 cm³/mol. The van der Waals surface area contributed by atoms with Gasteiger partial charge in [-0.15, -0.1) is 0 Å². The lowest BCUT2D eigenvalue weighted by Crippen LogP contribution is -2.16. The van der Waals surface area contributed by atoms with Crippen molar-refractivity contribution in [2.75, 3.05) is 0 Å². The van der Waals surface area contributed by atoms with Gasteiger partial charge in [0.05, 0.1) is 66.9 Å². The minimum atomic E-state index is 0.461. The van der Waals surface area contributed by atoms with Gasteiger partial charge >= 0.3 is 0 Å². The van der Waals surface area contributed by atoms with Gasteiger partial charge < -0.3 is 22.7 Å². The highest BCUT2D eigenvalue weighted by Crippen LogP contribution is 2.55. The minimum Gasteiger partial charge on any atom is -0.437 e. The van der Waals surface area contributed by atoms with Crippen LogP contribution in [0.5, 0.6) is 0 Å². The number of hydrogen-bond acceptors (Lipinski definition) is 3. The summed E-state index contributed by atoms with van der Waals surface area (Å²) in [5, 5.41) is 24.0. The van der Waals surface area contributed by atoms with Gasteiger partial charge in [0.25, 0.3) is 0 Å². The number of hydrogen-bond donors (Lipinski definition) is 0. The highest BCUT2D eigenvalue weighted by atomic mass is 16.3. The van der Waals surface area contributed by atoms with E-state index in [1.54, 1.807) is 0 Å². The van der Waals surface area contributed by atoms with Crippen molar-refractivity contribution < 1.29 is 4.42 Å². The Morgan fingerprint density at radius 2 is 0.546 bits per heavy atom. The molecule has 0 amide bonds. The summed E-state index contributed by atoms with van der Waals surface area (Å²) in [6, 6.07) is 119. The third-order valence-corrected chi connectivity index (χ3v) is 20.1. The zero-order chi connectivity index (χ0) is 63.8. The first kappa shape index (κ1) is 54.3. The Hall–Kier alpha value is -13.3. The summed E-state index contributed by atoms with van der Waals surface area (Å²) in [7, 11) is 0. The normalized spacial score (nSPS) is 11.9. The molecule has 0 fully saturated rings. The van der Waals surface area contributed by atoms with Gasteiger partial charge in [0, 0.05) is 71.2 Å². The second kappa shape index (κ2) is 21.4. The molecule has 20 aromatic rings. The maximum Gasteiger partial charge on any atom is 0.227 e. The summed E-state index contributed by atoms with van der Waals surface area (Å²) in [5.74, 6) is 0. The van der Waals surface area contributed by atoms with Crippen molar-refractivity contribution in [1.82, 2.24) is 23.3 Å². The summed E-state index contributed by atoms with van der Waals surface area (Å²) >= 11 is 0. The minimum absolute atomic E-state index is 0.461. The van der Waals surface area contributed by atoms with Crippen molar-refractivity contribution in [3.63, 3.8) is 0 Å². The maximum absolute atomic E-state index is 13.6. The van der Waals surface area contributed by atoms with Gasteiger partial charge in [-0.2, -0.15) is 5.26 Å². The summed E-state index contributed by atoms with van der Waals surface area (Å²) in [6.45, 7) is 0. The van der Waals surface area contributed by atoms with E-state index in [4.69, 9.17) is 9.40 Å². The van der Waals surface area contributed by atoms with Crippen LogP contribution in [0.4, 0.5) is 0 Å². The first-order chi connectivity index (χ1) is 48.2. The van der Waals surface area contributed by atoms with Crippen LogP contribution in [-0.2, 0) is 0 Å². The molecule has 7 heteroatoms. The van der Waals surface area contributed by atoms with Crippen LogP contribution in [0, 0.1) is 11.3 Å². The number of nitrogens with zero attached hydrogens (tertiary/aromatic N) is 6. The van der Waals surface area contributed by atoms with Crippen molar-refractivity contribution in [3.8, 4) is 84.5 Å². The molecule has 20 rings (SSSR count). The zero-order valence-corrected chi connectivity index (χ0v) is 52.3. The molecule has 0 saturated heterocycles. The van der Waals surface area contributed by atoms with Gasteiger partial charge in [-0.1, -0.05) is 261 Å². The molecular weight excluding hydrogens is 1180 g/mol. The molecule has 0 atom stereocenters. The fourth-order valence-electron chi connectivity index (χ4n) is 16.2. The molecule has 14 aromatic carbocycles. The molecule has 97 heavy (non-hydrogen) atoms. The van der Waals surface area contributed by atoms with Crippen LogP contribution in [0.2, 0.25) is 0 Å². The molecular formula is C90H54N6O. The van der Waals surface area contributed by atoms with E-state index < -0.39 is 0 Å². The largest absolute Gasteiger partial charge is 0.437 e. The Labute approximate surface area is 556 Å². The van der Waals surface area contributed by atoms with Crippen molar-refractivity contribution in [2.24, 2.45) is 0 Å². The molecule has 0 bridgehead atoms. The van der Waals surface area contributed by atoms with Crippen LogP contribution in [-0.4, -0.2) is 23.3 Å². The number of aromatic nitrogens is 5. The molecule has 450 valence electrons. The molecule has 0 aliphatic carbocycles. The second-order valence-corrected chi connectivity index (χ2v) is 25.1. The van der Waals surface area contributed by atoms with E-state index >= 15 is 0 Å². The van der Waals surface area contributed by atoms with Crippen molar-refractivity contribution in [1.29, 1.82) is 5.26 Å². The van der Waals surface area contributed by atoms with Crippen LogP contribution in [0.1, 0.15) is 5.56 Å². The standard InChI is InChI=1S/C90H54N6O/c91-55-71-85(93-72-46-17-13-35-66(72)80-60(39-22-50-76(80)93)56-27-5-1-6-28-56)87(95-74-48-19-15-37-68(74)82-62(41-24-52-78(82)95)58-31-9-3-10-32-58)84(70-44-21-43-64-65-45-26-54-92-90(65)97-89(64)70)88(96-75-49-20-16-38-69(75)83-63(42-25-53-79(83)96)59-33-11-4-12-34-59)86(71)94-73-47-18-14-36-67(73)81-61(40-23-51-77(81)94)57-29-7-2-8-30-57/h1-54H. The SMILES string of the molecule is N#Cc1c(-n2c3ccccc3c3c(-c4ccccc4)cccc32)c(-n2c3ccccc3c3c(-c4ccccc4)cccc32)c(-c2cccc3c2oc2ncccc23)c(-n2c3ccccc3c3c(-c4ccccc4)cccc32)c1-n1c2ccccc2c2c(-c3ccccc3)cccc21. The Balaban J connectivity index is 1.12. The van der Waals surface area contributed by atoms with Crippen LogP contribution < -0.4 is 0 Å². The first-order valence-corrected chi connectivity index (χ1v) is 32.9. The van der Waals surface area contributed by atoms with Crippen LogP contribution in [0.25, 0.3) is 188 Å². The van der Waals surface area contributed by atoms with E-state index in [1.807, 2.05) is 12.3 Å². The average Bonchev–Trinajstić information content (AvgIpc) is 1.58. The molecule has 7 nitrogen and oxygen atoms in total. The quantitative estimate of drug-likeness (QED) is 0.145. The number of pyridine rings is 1. The van der Waals surface area contributed by atoms with Gasteiger partial charge in [0.2, 0.25) is 5.71 Å². The van der Waals surface area contributed by atoms with Crippen LogP contribution in [0.15, 0.2) is 332 Å². The predicted octanol–water partition coefficient (Wildman–Crippen LogP) is 23.6. The van der Waals surface area contributed by atoms with Crippen molar-refractivity contribution in [3.05, 3.63) is 333 Å². The molecule has 0 saturated carbocycles. The van der Waals surface area contributed by atoms with Gasteiger partial charge in [-0.3, -0.25) is 0 Å². The summed E-state index contributed by atoms with van der Waals surface area (Å²) in [6.07, 6.45) is 1.81. The number of para-hydroxylation sites is 5. The van der Waals surface area contributed by atoms with E-state index in [-0.39, 0.29) is 0 Å². The lowest BCUT2D eigenvalue weighted by atomic mass is 9.92. The Bertz CT molecular complexity index is 6340. The van der Waals surface area contributed by atoms with Gasteiger partial charge in [-0.05, 0) is 105 Å². The van der Waals surface area contributed by atoms with Crippen molar-refractivity contribution in [2.45, 2.75) is 0 Å². The van der Waals surface area contributed by atoms with Crippen LogP contribution in [0.3, 0.4) is 0 Å². The van der Waals surface area contributed by atoms with E-state index in [2.05, 4.69) is 340 Å². The fraction of sp³-hybridized carbons (Fsp3) is 0. The summed E-state index contributed by atoms with van der Waals surface area (Å²) in [5.41, 5.74) is 22.7. The molecule has 0 aliphatic rings. The molecule has 0 unspecified atom stereocenters. The highest BCUT2D eigenvalue weighted by Gasteiger charge is 2.37. The lowest BCUT2D eigenvalue weighted by molar-refractivity contribution is 0.655. The molecule has 0 spiro atoms. The summed E-state index contributed by atoms with van der Waals surface area (Å²) in [4.78, 5) is 4.96. The Morgan fingerprint density at radius 3 is 0.907 bits per heavy atom. The molecule has 6 aromatic heterocycles. The molecule has 6 heterocycles. The second-order valence-electron chi connectivity index (χ2n) is 25.1. The van der Waals surface area contributed by atoms with E-state index in [0.717, 1.165) is 165 Å². The number of nitriles is 1. The third-order valence-electron chi connectivity index (χ3n) is 20.1. The zero-order valence-electron chi connectivity index (χ0n) is 52.3. The van der Waals surface area contributed by atoms with E-state index in [9.17, 15) is 5.26 Å².